The van der Waals surface area contributed by atoms with E-state index in [4.69, 9.17) is 14.6 Å². The molecule has 2 rings (SSSR count). The molecule has 1 aliphatic rings. The predicted molar refractivity (Wildman–Crippen MR) is 81.0 cm³/mol. The van der Waals surface area contributed by atoms with Crippen molar-refractivity contribution in [1.82, 2.24) is 0 Å². The zero-order valence-electron chi connectivity index (χ0n) is 12.4. The highest BCUT2D eigenvalue weighted by Crippen LogP contribution is 2.19. The molecule has 0 aromatic heterocycles. The van der Waals surface area contributed by atoms with E-state index in [1.54, 1.807) is 24.3 Å². The number of carbonyl (C=O) groups excluding carboxylic acids is 1. The highest BCUT2D eigenvalue weighted by Gasteiger charge is 2.21. The van der Waals surface area contributed by atoms with Crippen LogP contribution in [0.3, 0.4) is 0 Å². The van der Waals surface area contributed by atoms with Gasteiger partial charge < -0.3 is 19.9 Å². The number of carboxylic acid groups (broad SMARTS) is 1. The lowest BCUT2D eigenvalue weighted by Crippen LogP contribution is -2.30. The van der Waals surface area contributed by atoms with E-state index < -0.39 is 5.97 Å². The summed E-state index contributed by atoms with van der Waals surface area (Å²) in [6, 6.07) is 7.06. The van der Waals surface area contributed by atoms with Crippen LogP contribution in [-0.2, 0) is 14.3 Å². The van der Waals surface area contributed by atoms with Crippen LogP contribution in [0.1, 0.15) is 25.7 Å². The van der Waals surface area contributed by atoms with E-state index in [2.05, 4.69) is 5.32 Å². The number of nitrogens with one attached hydrogen (secondary N) is 1. The van der Waals surface area contributed by atoms with Gasteiger partial charge in [-0.3, -0.25) is 9.59 Å². The molecule has 0 spiro atoms. The molecule has 22 heavy (non-hydrogen) atoms. The second-order valence-electron chi connectivity index (χ2n) is 5.27. The van der Waals surface area contributed by atoms with E-state index >= 15 is 0 Å². The molecule has 1 aliphatic heterocycles. The van der Waals surface area contributed by atoms with Gasteiger partial charge in [0.15, 0.2) is 0 Å². The minimum Gasteiger partial charge on any atom is -0.494 e. The molecule has 0 bridgehead atoms. The van der Waals surface area contributed by atoms with Gasteiger partial charge >= 0.3 is 5.97 Å². The van der Waals surface area contributed by atoms with Crippen LogP contribution in [-0.4, -0.2) is 36.8 Å². The fourth-order valence-electron chi connectivity index (χ4n) is 2.24. The minimum atomic E-state index is -0.826. The Morgan fingerprint density at radius 2 is 2.09 bits per heavy atom. The molecule has 0 saturated carbocycles. The van der Waals surface area contributed by atoms with Crippen LogP contribution >= 0.6 is 0 Å². The molecule has 1 atom stereocenters. The van der Waals surface area contributed by atoms with Gasteiger partial charge in [0.25, 0.3) is 0 Å². The maximum Gasteiger partial charge on any atom is 0.303 e. The monoisotopic (exact) mass is 307 g/mol. The summed E-state index contributed by atoms with van der Waals surface area (Å²) in [5.74, 6) is -0.270. The molecule has 1 unspecified atom stereocenters. The molecule has 2 N–H and O–H groups in total. The van der Waals surface area contributed by atoms with Crippen molar-refractivity contribution in [1.29, 1.82) is 0 Å². The molecule has 1 amide bonds. The first kappa shape index (κ1) is 16.3. The van der Waals surface area contributed by atoms with E-state index in [1.807, 2.05) is 0 Å². The standard InChI is InChI=1S/C16H21NO5/c18-15(19)4-2-10-22-14-7-5-13(6-8-14)17-16(20)12-3-1-9-21-11-12/h5-8,12H,1-4,9-11H2,(H,17,20)(H,18,19). The van der Waals surface area contributed by atoms with Gasteiger partial charge in [-0.15, -0.1) is 0 Å². The lowest BCUT2D eigenvalue weighted by atomic mass is 10.0. The molecular formula is C16H21NO5. The summed E-state index contributed by atoms with van der Waals surface area (Å²) in [5.41, 5.74) is 0.716. The van der Waals surface area contributed by atoms with Crippen LogP contribution in [0.2, 0.25) is 0 Å². The Morgan fingerprint density at radius 3 is 2.73 bits per heavy atom. The Balaban J connectivity index is 1.76. The van der Waals surface area contributed by atoms with E-state index in [0.29, 0.717) is 31.1 Å². The van der Waals surface area contributed by atoms with Crippen molar-refractivity contribution in [3.63, 3.8) is 0 Å². The highest BCUT2D eigenvalue weighted by atomic mass is 16.5. The summed E-state index contributed by atoms with van der Waals surface area (Å²) < 4.78 is 10.7. The number of anilines is 1. The molecule has 1 heterocycles. The summed E-state index contributed by atoms with van der Waals surface area (Å²) in [6.07, 6.45) is 2.34. The van der Waals surface area contributed by atoms with Gasteiger partial charge in [-0.1, -0.05) is 0 Å². The van der Waals surface area contributed by atoms with E-state index in [-0.39, 0.29) is 18.2 Å². The van der Waals surface area contributed by atoms with E-state index in [1.165, 1.54) is 0 Å². The Hall–Kier alpha value is -2.08. The van der Waals surface area contributed by atoms with Crippen LogP contribution in [0.25, 0.3) is 0 Å². The van der Waals surface area contributed by atoms with Crippen LogP contribution in [0.5, 0.6) is 5.75 Å². The Morgan fingerprint density at radius 1 is 1.32 bits per heavy atom. The van der Waals surface area contributed by atoms with Crippen LogP contribution in [0, 0.1) is 5.92 Å². The first-order valence-corrected chi connectivity index (χ1v) is 7.48. The number of ether oxygens (including phenoxy) is 2. The van der Waals surface area contributed by atoms with Crippen molar-refractivity contribution in [3.05, 3.63) is 24.3 Å². The Labute approximate surface area is 129 Å². The zero-order chi connectivity index (χ0) is 15.8. The highest BCUT2D eigenvalue weighted by molar-refractivity contribution is 5.92. The number of hydrogen-bond donors (Lipinski definition) is 2. The second-order valence-corrected chi connectivity index (χ2v) is 5.27. The average molecular weight is 307 g/mol. The molecule has 6 nitrogen and oxygen atoms in total. The number of carbonyl (C=O) groups is 2. The lowest BCUT2D eigenvalue weighted by Gasteiger charge is -2.21. The maximum atomic E-state index is 12.0. The van der Waals surface area contributed by atoms with Gasteiger partial charge in [0, 0.05) is 18.7 Å². The number of rotatable bonds is 7. The molecule has 1 aromatic rings. The van der Waals surface area contributed by atoms with Crippen molar-refractivity contribution in [2.75, 3.05) is 25.1 Å². The number of carboxylic acids is 1. The topological polar surface area (TPSA) is 84.9 Å². The number of benzene rings is 1. The predicted octanol–water partition coefficient (Wildman–Crippen LogP) is 2.30. The molecule has 1 aromatic carbocycles. The molecule has 0 aliphatic carbocycles. The fraction of sp³-hybridized carbons (Fsp3) is 0.500. The third kappa shape index (κ3) is 5.37. The Kier molecular flexibility index (Phi) is 6.21. The smallest absolute Gasteiger partial charge is 0.303 e. The van der Waals surface area contributed by atoms with Gasteiger partial charge in [-0.25, -0.2) is 0 Å². The fourth-order valence-corrected chi connectivity index (χ4v) is 2.24. The van der Waals surface area contributed by atoms with Crippen LogP contribution < -0.4 is 10.1 Å². The normalized spacial score (nSPS) is 17.7. The minimum absolute atomic E-state index is 0.0187. The van der Waals surface area contributed by atoms with Crippen molar-refractivity contribution in [2.45, 2.75) is 25.7 Å². The van der Waals surface area contributed by atoms with Crippen molar-refractivity contribution in [3.8, 4) is 5.75 Å². The van der Waals surface area contributed by atoms with Gasteiger partial charge in [0.2, 0.25) is 5.91 Å². The van der Waals surface area contributed by atoms with E-state index in [0.717, 1.165) is 19.4 Å². The molecular weight excluding hydrogens is 286 g/mol. The van der Waals surface area contributed by atoms with E-state index in [9.17, 15) is 9.59 Å². The quantitative estimate of drug-likeness (QED) is 0.755. The molecule has 0 radical (unpaired) electrons. The third-order valence-corrected chi connectivity index (χ3v) is 3.46. The summed E-state index contributed by atoms with van der Waals surface area (Å²) in [4.78, 5) is 22.4. The first-order chi connectivity index (χ1) is 10.6. The van der Waals surface area contributed by atoms with Crippen molar-refractivity contribution in [2.24, 2.45) is 5.92 Å². The lowest BCUT2D eigenvalue weighted by molar-refractivity contribution is -0.137. The van der Waals surface area contributed by atoms with Crippen LogP contribution in [0.4, 0.5) is 5.69 Å². The SMILES string of the molecule is O=C(O)CCCOc1ccc(NC(=O)C2CCCOC2)cc1. The maximum absolute atomic E-state index is 12.0. The van der Waals surface area contributed by atoms with Gasteiger partial charge in [-0.05, 0) is 43.5 Å². The molecule has 1 fully saturated rings. The molecule has 6 heteroatoms. The summed E-state index contributed by atoms with van der Waals surface area (Å²) in [6.45, 7) is 1.58. The third-order valence-electron chi connectivity index (χ3n) is 3.46. The van der Waals surface area contributed by atoms with Gasteiger partial charge in [-0.2, -0.15) is 0 Å². The number of amides is 1. The molecule has 120 valence electrons. The first-order valence-electron chi connectivity index (χ1n) is 7.48. The average Bonchev–Trinajstić information content (AvgIpc) is 2.54. The van der Waals surface area contributed by atoms with Gasteiger partial charge in [0.1, 0.15) is 5.75 Å². The number of aliphatic carboxylic acids is 1. The van der Waals surface area contributed by atoms with Crippen molar-refractivity contribution >= 4 is 17.6 Å². The number of hydrogen-bond acceptors (Lipinski definition) is 4. The summed E-state index contributed by atoms with van der Waals surface area (Å²) >= 11 is 0. The summed E-state index contributed by atoms with van der Waals surface area (Å²) in [5, 5.41) is 11.4. The van der Waals surface area contributed by atoms with Crippen molar-refractivity contribution < 1.29 is 24.2 Å². The second kappa shape index (κ2) is 8.38. The molecule has 1 saturated heterocycles. The largest absolute Gasteiger partial charge is 0.494 e. The Bertz CT molecular complexity index is 494. The van der Waals surface area contributed by atoms with Gasteiger partial charge in [0.05, 0.1) is 19.1 Å². The van der Waals surface area contributed by atoms with Crippen LogP contribution in [0.15, 0.2) is 24.3 Å². The summed E-state index contributed by atoms with van der Waals surface area (Å²) in [7, 11) is 0. The zero-order valence-corrected chi connectivity index (χ0v) is 12.4.